The van der Waals surface area contributed by atoms with Gasteiger partial charge in [-0.15, -0.1) is 11.3 Å². The van der Waals surface area contributed by atoms with Gasteiger partial charge in [-0.1, -0.05) is 48.5 Å². The minimum Gasteiger partial charge on any atom is -0.547 e. The van der Waals surface area contributed by atoms with Gasteiger partial charge in [0.05, 0.1) is 16.5 Å². The average molecular weight is 393 g/mol. The average Bonchev–Trinajstić information content (AvgIpc) is 3.19. The van der Waals surface area contributed by atoms with E-state index < -0.39 is 12.0 Å². The minimum absolute atomic E-state index is 0.201. The highest BCUT2D eigenvalue weighted by Gasteiger charge is 2.22. The molecule has 3 aromatic rings. The summed E-state index contributed by atoms with van der Waals surface area (Å²) in [5, 5.41) is 22.5. The van der Waals surface area contributed by atoms with Gasteiger partial charge in [-0.25, -0.2) is 0 Å². The van der Waals surface area contributed by atoms with Gasteiger partial charge in [0.25, 0.3) is 0 Å². The smallest absolute Gasteiger partial charge is 0.211 e. The molecule has 5 nitrogen and oxygen atoms in total. The van der Waals surface area contributed by atoms with Gasteiger partial charge < -0.3 is 15.0 Å². The Kier molecular flexibility index (Phi) is 4.47. The van der Waals surface area contributed by atoms with E-state index in [1.54, 1.807) is 42.6 Å². The Morgan fingerprint density at radius 1 is 1.19 bits per heavy atom. The number of hydrogen-bond donors (Lipinski definition) is 1. The van der Waals surface area contributed by atoms with E-state index in [4.69, 9.17) is 12.2 Å². The van der Waals surface area contributed by atoms with E-state index in [2.05, 4.69) is 4.99 Å². The summed E-state index contributed by atoms with van der Waals surface area (Å²) in [6.07, 6.45) is 3.48. The first-order valence-corrected chi connectivity index (χ1v) is 9.34. The van der Waals surface area contributed by atoms with Crippen molar-refractivity contribution < 1.29 is 15.0 Å². The van der Waals surface area contributed by atoms with Crippen LogP contribution in [0.2, 0.25) is 0 Å². The number of aliphatic imine (C=N–C) groups is 1. The summed E-state index contributed by atoms with van der Waals surface area (Å²) in [6, 6.07) is 15.0. The topological polar surface area (TPSA) is 77.6 Å². The fourth-order valence-corrected chi connectivity index (χ4v) is 4.35. The van der Waals surface area contributed by atoms with Crippen LogP contribution >= 0.6 is 23.6 Å². The first kappa shape index (κ1) is 17.4. The summed E-state index contributed by atoms with van der Waals surface area (Å²) >= 11 is 6.48. The second kappa shape index (κ2) is 6.94. The number of nitrogens with zero attached hydrogens (tertiary/aromatic N) is 2. The lowest BCUT2D eigenvalue weighted by Gasteiger charge is -2.21. The molecule has 0 amide bonds. The molecular weight excluding hydrogens is 380 g/mol. The molecule has 0 saturated heterocycles. The van der Waals surface area contributed by atoms with E-state index in [0.29, 0.717) is 10.4 Å². The van der Waals surface area contributed by atoms with Crippen molar-refractivity contribution in [3.05, 3.63) is 74.6 Å². The molecular formula is C20H13N2O3S2-. The second-order valence-electron chi connectivity index (χ2n) is 5.93. The SMILES string of the molecule is O=C([O-])C(c1ccccc1)n1c(O)c(/C=C2\C=Nc3ccccc32)sc1=S. The first-order chi connectivity index (χ1) is 13.1. The highest BCUT2D eigenvalue weighted by Crippen LogP contribution is 2.37. The Hall–Kier alpha value is -3.03. The molecule has 2 heterocycles. The number of thiazole rings is 1. The number of carbonyl (C=O) groups is 1. The molecule has 0 saturated carbocycles. The molecule has 2 aromatic carbocycles. The quantitative estimate of drug-likeness (QED) is 0.687. The predicted molar refractivity (Wildman–Crippen MR) is 107 cm³/mol. The van der Waals surface area contributed by atoms with Crippen molar-refractivity contribution in [2.45, 2.75) is 6.04 Å². The van der Waals surface area contributed by atoms with E-state index in [-0.39, 0.29) is 9.83 Å². The van der Waals surface area contributed by atoms with E-state index in [1.807, 2.05) is 24.3 Å². The van der Waals surface area contributed by atoms with E-state index >= 15 is 0 Å². The predicted octanol–water partition coefficient (Wildman–Crippen LogP) is 3.58. The van der Waals surface area contributed by atoms with Crippen molar-refractivity contribution in [2.24, 2.45) is 4.99 Å². The molecule has 134 valence electrons. The van der Waals surface area contributed by atoms with Crippen LogP contribution in [0.15, 0.2) is 59.6 Å². The van der Waals surface area contributed by atoms with E-state index in [1.165, 1.54) is 4.57 Å². The number of para-hydroxylation sites is 1. The normalized spacial score (nSPS) is 15.0. The molecule has 0 fully saturated rings. The van der Waals surface area contributed by atoms with Crippen LogP contribution in [-0.4, -0.2) is 21.9 Å². The summed E-state index contributed by atoms with van der Waals surface area (Å²) < 4.78 is 1.47. The summed E-state index contributed by atoms with van der Waals surface area (Å²) in [4.78, 5) is 16.6. The largest absolute Gasteiger partial charge is 0.547 e. The molecule has 1 N–H and O–H groups in total. The van der Waals surface area contributed by atoms with Gasteiger partial charge in [0, 0.05) is 17.4 Å². The van der Waals surface area contributed by atoms with Crippen LogP contribution in [-0.2, 0) is 4.79 Å². The van der Waals surface area contributed by atoms with Gasteiger partial charge in [0.1, 0.15) is 6.04 Å². The van der Waals surface area contributed by atoms with Gasteiger partial charge in [-0.3, -0.25) is 9.56 Å². The zero-order chi connectivity index (χ0) is 19.0. The number of allylic oxidation sites excluding steroid dienone is 1. The number of aromatic nitrogens is 1. The third kappa shape index (κ3) is 3.11. The molecule has 4 rings (SSSR count). The molecule has 0 spiro atoms. The molecule has 1 aliphatic heterocycles. The summed E-state index contributed by atoms with van der Waals surface area (Å²) in [5.41, 5.74) is 3.10. The molecule has 27 heavy (non-hydrogen) atoms. The van der Waals surface area contributed by atoms with E-state index in [0.717, 1.165) is 28.2 Å². The number of carboxylic acid groups (broad SMARTS) is 1. The number of hydrogen-bond acceptors (Lipinski definition) is 6. The van der Waals surface area contributed by atoms with Gasteiger partial charge in [-0.05, 0) is 29.9 Å². The summed E-state index contributed by atoms with van der Waals surface area (Å²) in [5.74, 6) is -1.54. The Morgan fingerprint density at radius 2 is 1.89 bits per heavy atom. The van der Waals surface area contributed by atoms with Crippen LogP contribution in [0.25, 0.3) is 11.6 Å². The van der Waals surface area contributed by atoms with Gasteiger partial charge >= 0.3 is 0 Å². The van der Waals surface area contributed by atoms with E-state index in [9.17, 15) is 15.0 Å². The Bertz CT molecular complexity index is 1140. The van der Waals surface area contributed by atoms with Gasteiger partial charge in [0.2, 0.25) is 5.88 Å². The number of fused-ring (bicyclic) bond motifs is 1. The first-order valence-electron chi connectivity index (χ1n) is 8.11. The minimum atomic E-state index is -1.34. The number of rotatable bonds is 4. The van der Waals surface area contributed by atoms with Crippen molar-refractivity contribution in [1.29, 1.82) is 0 Å². The van der Waals surface area contributed by atoms with Crippen LogP contribution in [0.3, 0.4) is 0 Å². The monoisotopic (exact) mass is 393 g/mol. The molecule has 1 unspecified atom stereocenters. The molecule has 7 heteroatoms. The van der Waals surface area contributed by atoms with Crippen molar-refractivity contribution in [3.8, 4) is 5.88 Å². The van der Waals surface area contributed by atoms with Gasteiger partial charge in [0.15, 0.2) is 3.95 Å². The third-order valence-corrected chi connectivity index (χ3v) is 5.62. The van der Waals surface area contributed by atoms with Crippen LogP contribution in [0.4, 0.5) is 5.69 Å². The fourth-order valence-electron chi connectivity index (χ4n) is 3.04. The van der Waals surface area contributed by atoms with Crippen molar-refractivity contribution >= 4 is 53.1 Å². The molecule has 0 aliphatic carbocycles. The third-order valence-electron chi connectivity index (χ3n) is 4.28. The van der Waals surface area contributed by atoms with Gasteiger partial charge in [-0.2, -0.15) is 0 Å². The summed E-state index contributed by atoms with van der Waals surface area (Å²) in [7, 11) is 0. The van der Waals surface area contributed by atoms with Crippen molar-refractivity contribution in [3.63, 3.8) is 0 Å². The van der Waals surface area contributed by atoms with Crippen LogP contribution in [0.1, 0.15) is 22.0 Å². The van der Waals surface area contributed by atoms with Crippen molar-refractivity contribution in [2.75, 3.05) is 0 Å². The maximum Gasteiger partial charge on any atom is 0.211 e. The molecule has 1 aliphatic rings. The zero-order valence-electron chi connectivity index (χ0n) is 13.9. The van der Waals surface area contributed by atoms with Crippen LogP contribution in [0.5, 0.6) is 5.88 Å². The summed E-state index contributed by atoms with van der Waals surface area (Å²) in [6.45, 7) is 0. The Labute approximate surface area is 164 Å². The standard InChI is InChI=1S/C20H14N2O3S2/c23-18-16(10-13-11-21-15-9-5-4-8-14(13)15)27-20(26)22(18)17(19(24)25)12-6-2-1-3-7-12/h1-11,17,23H,(H,24,25)/p-1/b13-10+. The lowest BCUT2D eigenvalue weighted by atomic mass is 10.1. The molecule has 0 bridgehead atoms. The second-order valence-corrected chi connectivity index (χ2v) is 7.61. The highest BCUT2D eigenvalue weighted by atomic mass is 32.1. The van der Waals surface area contributed by atoms with Crippen LogP contribution < -0.4 is 5.11 Å². The highest BCUT2D eigenvalue weighted by molar-refractivity contribution is 7.73. The maximum absolute atomic E-state index is 11.8. The fraction of sp³-hybridized carbons (Fsp3) is 0.0500. The van der Waals surface area contributed by atoms with Crippen LogP contribution in [0, 0.1) is 3.95 Å². The molecule has 1 atom stereocenters. The number of aliphatic carboxylic acids is 1. The Balaban J connectivity index is 1.82. The number of aromatic hydroxyl groups is 1. The lowest BCUT2D eigenvalue weighted by Crippen LogP contribution is -2.34. The number of carbonyl (C=O) groups excluding carboxylic acids is 1. The molecule has 1 aromatic heterocycles. The lowest BCUT2D eigenvalue weighted by molar-refractivity contribution is -0.309. The Morgan fingerprint density at radius 3 is 2.63 bits per heavy atom. The number of carboxylic acids is 1. The van der Waals surface area contributed by atoms with Crippen molar-refractivity contribution in [1.82, 2.24) is 4.57 Å². The zero-order valence-corrected chi connectivity index (χ0v) is 15.5. The number of benzene rings is 2. The maximum atomic E-state index is 11.8. The molecule has 0 radical (unpaired) electrons.